The number of anilines is 1. The van der Waals surface area contributed by atoms with Crippen LogP contribution in [-0.4, -0.2) is 35.0 Å². The summed E-state index contributed by atoms with van der Waals surface area (Å²) in [4.78, 5) is 38.0. The quantitative estimate of drug-likeness (QED) is 0.817. The third kappa shape index (κ3) is 3.11. The number of hydrogen-bond acceptors (Lipinski definition) is 6. The van der Waals surface area contributed by atoms with Gasteiger partial charge in [-0.1, -0.05) is 30.3 Å². The number of benzene rings is 2. The summed E-state index contributed by atoms with van der Waals surface area (Å²) in [6.07, 6.45) is 0. The molecular weight excluding hydrogens is 404 g/mol. The molecule has 0 fully saturated rings. The summed E-state index contributed by atoms with van der Waals surface area (Å²) in [5.74, 6) is -0.275. The summed E-state index contributed by atoms with van der Waals surface area (Å²) in [5, 5.41) is 8.23. The Hall–Kier alpha value is -3.33. The number of fused-ring (bicyclic) bond motifs is 2. The average molecular weight is 424 g/mol. The average Bonchev–Trinajstić information content (AvgIpc) is 3.21. The predicted molar refractivity (Wildman–Crippen MR) is 114 cm³/mol. The summed E-state index contributed by atoms with van der Waals surface area (Å²) in [6.45, 7) is 3.03. The molecule has 3 amide bonds. The number of nitrogens with zero attached hydrogens (tertiary/aromatic N) is 3. The molecule has 0 saturated carbocycles. The number of nitrogens with one attached hydrogen (secondary N) is 1. The first kappa shape index (κ1) is 20.0. The van der Waals surface area contributed by atoms with Crippen molar-refractivity contribution in [3.63, 3.8) is 0 Å². The number of thioether (sulfide) groups is 1. The van der Waals surface area contributed by atoms with E-state index in [1.807, 2.05) is 48.5 Å². The van der Waals surface area contributed by atoms with Gasteiger partial charge in [-0.15, -0.1) is 5.10 Å². The minimum absolute atomic E-state index is 0.215. The highest BCUT2D eigenvalue weighted by Crippen LogP contribution is 2.54. The zero-order valence-electron chi connectivity index (χ0n) is 16.7. The maximum Gasteiger partial charge on any atom is 0.271 e. The van der Waals surface area contributed by atoms with Gasteiger partial charge in [0.2, 0.25) is 16.7 Å². The van der Waals surface area contributed by atoms with Gasteiger partial charge in [-0.25, -0.2) is 0 Å². The van der Waals surface area contributed by atoms with Crippen LogP contribution in [0.25, 0.3) is 0 Å². The minimum Gasteiger partial charge on any atom is -0.497 e. The molecule has 2 aliphatic heterocycles. The van der Waals surface area contributed by atoms with Crippen LogP contribution in [0, 0.1) is 0 Å². The highest BCUT2D eigenvalue weighted by Gasteiger charge is 2.61. The Bertz CT molecular complexity index is 1070. The van der Waals surface area contributed by atoms with Gasteiger partial charge in [0.25, 0.3) is 5.91 Å². The van der Waals surface area contributed by atoms with Crippen LogP contribution >= 0.6 is 11.8 Å². The molecule has 2 aromatic rings. The van der Waals surface area contributed by atoms with Crippen LogP contribution in [0.15, 0.2) is 53.6 Å². The molecule has 1 spiro atoms. The van der Waals surface area contributed by atoms with Crippen LogP contribution in [0.2, 0.25) is 0 Å². The van der Waals surface area contributed by atoms with Crippen molar-refractivity contribution in [3.05, 3.63) is 59.7 Å². The standard InChI is InChI=1S/C21H20N4O4S/c1-13(26)22-20-23-25(14(2)27)21(30-20)17-6-4-5-7-18(17)24(19(21)28)12-15-8-10-16(29-3)11-9-15/h4-11H,12H2,1-3H3,(H,22,23,26)/t21-/m1/s1. The summed E-state index contributed by atoms with van der Waals surface area (Å²) >= 11 is 1.07. The van der Waals surface area contributed by atoms with E-state index in [1.54, 1.807) is 12.0 Å². The molecule has 2 heterocycles. The van der Waals surface area contributed by atoms with Gasteiger partial charge in [-0.05, 0) is 35.5 Å². The SMILES string of the molecule is COc1ccc(CN2C(=O)[C@]3(SC(NC(C)=O)=NN3C(C)=O)c3ccccc32)cc1. The Morgan fingerprint density at radius 1 is 1.13 bits per heavy atom. The Kier molecular flexibility index (Phi) is 4.98. The van der Waals surface area contributed by atoms with Gasteiger partial charge in [0.1, 0.15) is 5.75 Å². The highest BCUT2D eigenvalue weighted by atomic mass is 32.2. The van der Waals surface area contributed by atoms with Crippen LogP contribution in [0.5, 0.6) is 5.75 Å². The maximum atomic E-state index is 13.8. The molecule has 30 heavy (non-hydrogen) atoms. The van der Waals surface area contributed by atoms with Crippen molar-refractivity contribution >= 4 is 40.3 Å². The molecule has 2 aliphatic rings. The fourth-order valence-corrected chi connectivity index (χ4v) is 4.97. The minimum atomic E-state index is -1.38. The lowest BCUT2D eigenvalue weighted by molar-refractivity contribution is -0.139. The molecule has 9 heteroatoms. The number of hydrazone groups is 1. The number of methoxy groups -OCH3 is 1. The van der Waals surface area contributed by atoms with Crippen molar-refractivity contribution in [2.75, 3.05) is 12.0 Å². The monoisotopic (exact) mass is 424 g/mol. The number of carbonyl (C=O) groups excluding carboxylic acids is 3. The number of amidine groups is 1. The van der Waals surface area contributed by atoms with Crippen LogP contribution < -0.4 is 15.0 Å². The second kappa shape index (κ2) is 7.49. The Morgan fingerprint density at radius 2 is 1.83 bits per heavy atom. The number of ether oxygens (including phenoxy) is 1. The van der Waals surface area contributed by atoms with Crippen LogP contribution in [-0.2, 0) is 25.8 Å². The normalized spacial score (nSPS) is 19.7. The van der Waals surface area contributed by atoms with Gasteiger partial charge in [0.05, 0.1) is 19.3 Å². The van der Waals surface area contributed by atoms with E-state index >= 15 is 0 Å². The van der Waals surface area contributed by atoms with Gasteiger partial charge in [-0.3, -0.25) is 14.4 Å². The van der Waals surface area contributed by atoms with Crippen molar-refractivity contribution in [1.29, 1.82) is 0 Å². The zero-order valence-corrected chi connectivity index (χ0v) is 17.5. The fraction of sp³-hybridized carbons (Fsp3) is 0.238. The molecule has 4 rings (SSSR count). The number of amides is 3. The number of para-hydroxylation sites is 1. The van der Waals surface area contributed by atoms with Crippen LogP contribution in [0.4, 0.5) is 5.69 Å². The zero-order chi connectivity index (χ0) is 21.5. The van der Waals surface area contributed by atoms with Crippen molar-refractivity contribution < 1.29 is 19.1 Å². The van der Waals surface area contributed by atoms with Gasteiger partial charge >= 0.3 is 0 Å². The van der Waals surface area contributed by atoms with Gasteiger partial charge in [0, 0.05) is 19.4 Å². The third-order valence-corrected chi connectivity index (χ3v) is 6.15. The lowest BCUT2D eigenvalue weighted by Crippen LogP contribution is -2.48. The number of hydrogen-bond donors (Lipinski definition) is 1. The van der Waals surface area contributed by atoms with E-state index in [1.165, 1.54) is 13.8 Å². The first-order valence-electron chi connectivity index (χ1n) is 9.27. The smallest absolute Gasteiger partial charge is 0.271 e. The molecular formula is C21H20N4O4S. The van der Waals surface area contributed by atoms with E-state index in [0.29, 0.717) is 17.8 Å². The third-order valence-electron chi connectivity index (χ3n) is 4.91. The molecule has 0 aliphatic carbocycles. The number of rotatable bonds is 3. The van der Waals surface area contributed by atoms with Crippen molar-refractivity contribution in [2.45, 2.75) is 25.3 Å². The molecule has 154 valence electrons. The highest BCUT2D eigenvalue weighted by molar-refractivity contribution is 8.15. The Morgan fingerprint density at radius 3 is 2.47 bits per heavy atom. The molecule has 0 unspecified atom stereocenters. The predicted octanol–water partition coefficient (Wildman–Crippen LogP) is 2.40. The topological polar surface area (TPSA) is 91.3 Å². The summed E-state index contributed by atoms with van der Waals surface area (Å²) in [7, 11) is 1.60. The van der Waals surface area contributed by atoms with Crippen molar-refractivity contribution in [1.82, 2.24) is 10.3 Å². The van der Waals surface area contributed by atoms with Crippen LogP contribution in [0.1, 0.15) is 25.0 Å². The molecule has 0 aromatic heterocycles. The summed E-state index contributed by atoms with van der Waals surface area (Å²) < 4.78 is 5.20. The Balaban J connectivity index is 1.76. The van der Waals surface area contributed by atoms with E-state index in [-0.39, 0.29) is 17.0 Å². The van der Waals surface area contributed by atoms with Gasteiger partial charge in [0.15, 0.2) is 5.17 Å². The first-order chi connectivity index (χ1) is 14.4. The molecule has 0 radical (unpaired) electrons. The maximum absolute atomic E-state index is 13.8. The largest absolute Gasteiger partial charge is 0.497 e. The van der Waals surface area contributed by atoms with Crippen LogP contribution in [0.3, 0.4) is 0 Å². The van der Waals surface area contributed by atoms with E-state index < -0.39 is 10.8 Å². The van der Waals surface area contributed by atoms with E-state index in [2.05, 4.69) is 10.4 Å². The molecule has 8 nitrogen and oxygen atoms in total. The van der Waals surface area contributed by atoms with Gasteiger partial charge in [-0.2, -0.15) is 5.01 Å². The lowest BCUT2D eigenvalue weighted by Gasteiger charge is -2.29. The fourth-order valence-electron chi connectivity index (χ4n) is 3.63. The molecule has 0 saturated heterocycles. The second-order valence-electron chi connectivity index (χ2n) is 6.92. The number of carbonyl (C=O) groups is 3. The van der Waals surface area contributed by atoms with E-state index in [9.17, 15) is 14.4 Å². The van der Waals surface area contributed by atoms with Gasteiger partial charge < -0.3 is 15.0 Å². The molecule has 1 atom stereocenters. The second-order valence-corrected chi connectivity index (χ2v) is 8.10. The lowest BCUT2D eigenvalue weighted by atomic mass is 10.1. The van der Waals surface area contributed by atoms with E-state index in [4.69, 9.17) is 4.74 Å². The molecule has 2 aromatic carbocycles. The summed E-state index contributed by atoms with van der Waals surface area (Å²) in [5.41, 5.74) is 2.28. The van der Waals surface area contributed by atoms with Crippen molar-refractivity contribution in [3.8, 4) is 5.75 Å². The van der Waals surface area contributed by atoms with Crippen molar-refractivity contribution in [2.24, 2.45) is 5.10 Å². The first-order valence-corrected chi connectivity index (χ1v) is 10.1. The van der Waals surface area contributed by atoms with E-state index in [0.717, 1.165) is 28.1 Å². The summed E-state index contributed by atoms with van der Waals surface area (Å²) in [6, 6.07) is 14.8. The Labute approximate surface area is 177 Å². The molecule has 0 bridgehead atoms. The molecule has 1 N–H and O–H groups in total.